The molecule has 0 aliphatic heterocycles. The van der Waals surface area contributed by atoms with E-state index in [1.165, 1.54) is 12.1 Å². The van der Waals surface area contributed by atoms with Crippen molar-refractivity contribution in [2.24, 2.45) is 0 Å². The van der Waals surface area contributed by atoms with Gasteiger partial charge in [-0.2, -0.15) is 0 Å². The molecular weight excluding hydrogens is 581 g/mol. The molecule has 0 heterocycles. The Morgan fingerprint density at radius 1 is 0.558 bits per heavy atom. The molecule has 0 atom stereocenters. The highest BCUT2D eigenvalue weighted by molar-refractivity contribution is 7.91. The van der Waals surface area contributed by atoms with E-state index in [1.807, 2.05) is 46.8 Å². The van der Waals surface area contributed by atoms with E-state index >= 15 is 0 Å². The van der Waals surface area contributed by atoms with Crippen LogP contribution in [0.2, 0.25) is 0 Å². The summed E-state index contributed by atoms with van der Waals surface area (Å²) < 4.78 is 65.8. The molecule has 0 unspecified atom stereocenters. The molecule has 4 aromatic carbocycles. The lowest BCUT2D eigenvalue weighted by Crippen LogP contribution is -2.24. The first-order valence-electron chi connectivity index (χ1n) is 14.2. The summed E-state index contributed by atoms with van der Waals surface area (Å²) in [6.45, 7) is 17.2. The molecule has 0 radical (unpaired) electrons. The largest absolute Gasteiger partial charge is 0.488 e. The van der Waals surface area contributed by atoms with E-state index in [0.717, 1.165) is 16.7 Å². The van der Waals surface area contributed by atoms with Crippen molar-refractivity contribution in [3.05, 3.63) is 101 Å². The highest BCUT2D eigenvalue weighted by Crippen LogP contribution is 2.36. The van der Waals surface area contributed by atoms with Crippen LogP contribution in [0.25, 0.3) is 0 Å². The van der Waals surface area contributed by atoms with Crippen LogP contribution in [0.1, 0.15) is 68.4 Å². The van der Waals surface area contributed by atoms with Gasteiger partial charge in [0.2, 0.25) is 19.7 Å². The SMILES string of the molecule is Cc1cc(S(=O)(=O)c2cc(C)c(OC(C)(C)C)c(C)c2)cc(C)c1Oc1ccc(S(=O)(=O)c2ccc(C(C)C)cc2)cc1. The highest BCUT2D eigenvalue weighted by Gasteiger charge is 2.24. The fourth-order valence-electron chi connectivity index (χ4n) is 4.87. The van der Waals surface area contributed by atoms with E-state index in [9.17, 15) is 16.8 Å². The van der Waals surface area contributed by atoms with E-state index in [4.69, 9.17) is 9.47 Å². The van der Waals surface area contributed by atoms with Gasteiger partial charge in [0.25, 0.3) is 0 Å². The van der Waals surface area contributed by atoms with Crippen molar-refractivity contribution in [3.63, 3.8) is 0 Å². The van der Waals surface area contributed by atoms with Gasteiger partial charge in [-0.05, 0) is 143 Å². The second kappa shape index (κ2) is 11.8. The zero-order valence-corrected chi connectivity index (χ0v) is 27.9. The fourth-order valence-corrected chi connectivity index (χ4v) is 7.73. The number of aryl methyl sites for hydroxylation is 4. The zero-order valence-electron chi connectivity index (χ0n) is 26.3. The third-order valence-corrected chi connectivity index (χ3v) is 10.6. The Bertz CT molecular complexity index is 1820. The lowest BCUT2D eigenvalue weighted by atomic mass is 10.0. The van der Waals surface area contributed by atoms with E-state index < -0.39 is 25.3 Å². The van der Waals surface area contributed by atoms with Gasteiger partial charge in [0, 0.05) is 0 Å². The minimum absolute atomic E-state index is 0.163. The minimum atomic E-state index is -3.81. The molecule has 0 aliphatic carbocycles. The van der Waals surface area contributed by atoms with Crippen LogP contribution >= 0.6 is 0 Å². The van der Waals surface area contributed by atoms with Crippen molar-refractivity contribution in [1.29, 1.82) is 0 Å². The summed E-state index contributed by atoms with van der Waals surface area (Å²) in [6, 6.07) is 19.7. The molecule has 43 heavy (non-hydrogen) atoms. The van der Waals surface area contributed by atoms with Crippen molar-refractivity contribution in [2.45, 2.75) is 93.4 Å². The summed E-state index contributed by atoms with van der Waals surface area (Å²) in [7, 11) is -7.50. The van der Waals surface area contributed by atoms with Gasteiger partial charge in [-0.25, -0.2) is 16.8 Å². The Morgan fingerprint density at radius 2 is 0.930 bits per heavy atom. The summed E-state index contributed by atoms with van der Waals surface area (Å²) in [5.41, 5.74) is 3.44. The second-order valence-corrected chi connectivity index (χ2v) is 16.2. The number of hydrogen-bond acceptors (Lipinski definition) is 6. The van der Waals surface area contributed by atoms with E-state index in [0.29, 0.717) is 34.3 Å². The average Bonchev–Trinajstić information content (AvgIpc) is 2.92. The summed E-state index contributed by atoms with van der Waals surface area (Å²) in [4.78, 5) is 0.766. The van der Waals surface area contributed by atoms with Crippen LogP contribution in [0.4, 0.5) is 0 Å². The molecule has 0 saturated heterocycles. The first kappa shape index (κ1) is 32.3. The lowest BCUT2D eigenvalue weighted by Gasteiger charge is -2.24. The second-order valence-electron chi connectivity index (χ2n) is 12.3. The molecule has 4 aromatic rings. The fraction of sp³-hybridized carbons (Fsp3) is 0.314. The molecule has 4 rings (SSSR count). The van der Waals surface area contributed by atoms with Crippen LogP contribution in [-0.2, 0) is 19.7 Å². The number of sulfone groups is 2. The van der Waals surface area contributed by atoms with E-state index in [-0.39, 0.29) is 19.6 Å². The highest BCUT2D eigenvalue weighted by atomic mass is 32.2. The first-order chi connectivity index (χ1) is 19.9. The molecule has 8 heteroatoms. The normalized spacial score (nSPS) is 12.4. The molecule has 0 fully saturated rings. The van der Waals surface area contributed by atoms with Gasteiger partial charge in [0.15, 0.2) is 0 Å². The van der Waals surface area contributed by atoms with Crippen molar-refractivity contribution in [3.8, 4) is 17.2 Å². The van der Waals surface area contributed by atoms with Gasteiger partial charge in [-0.15, -0.1) is 0 Å². The predicted molar refractivity (Wildman–Crippen MR) is 170 cm³/mol. The number of ether oxygens (including phenoxy) is 2. The summed E-state index contributed by atoms with van der Waals surface area (Å²) >= 11 is 0. The van der Waals surface area contributed by atoms with Crippen molar-refractivity contribution in [2.75, 3.05) is 0 Å². The van der Waals surface area contributed by atoms with Crippen LogP contribution in [-0.4, -0.2) is 22.4 Å². The van der Waals surface area contributed by atoms with Crippen LogP contribution in [0, 0.1) is 27.7 Å². The molecule has 228 valence electrons. The number of benzene rings is 4. The molecule has 0 amide bonds. The molecule has 0 aliphatic rings. The summed E-state index contributed by atoms with van der Waals surface area (Å²) in [6.07, 6.45) is 0. The third kappa shape index (κ3) is 6.97. The Hall–Kier alpha value is -3.62. The Kier molecular flexibility index (Phi) is 8.87. The maximum absolute atomic E-state index is 13.7. The van der Waals surface area contributed by atoms with Gasteiger partial charge >= 0.3 is 0 Å². The molecule has 6 nitrogen and oxygen atoms in total. The topological polar surface area (TPSA) is 86.7 Å². The van der Waals surface area contributed by atoms with E-state index in [1.54, 1.807) is 62.4 Å². The molecule has 0 bridgehead atoms. The minimum Gasteiger partial charge on any atom is -0.488 e. The van der Waals surface area contributed by atoms with Crippen molar-refractivity contribution >= 4 is 19.7 Å². The number of rotatable bonds is 8. The maximum atomic E-state index is 13.7. The first-order valence-corrected chi connectivity index (χ1v) is 17.2. The molecular formula is C35H40O6S2. The van der Waals surface area contributed by atoms with E-state index in [2.05, 4.69) is 13.8 Å². The third-order valence-electron chi connectivity index (χ3n) is 7.11. The Morgan fingerprint density at radius 3 is 1.33 bits per heavy atom. The molecule has 0 spiro atoms. The molecule has 0 N–H and O–H groups in total. The van der Waals surface area contributed by atoms with Crippen molar-refractivity contribution < 1.29 is 26.3 Å². The van der Waals surface area contributed by atoms with Gasteiger partial charge in [-0.1, -0.05) is 26.0 Å². The standard InChI is InChI=1S/C35H40O6S2/c1-22(2)27-10-14-29(15-11-27)42(36,37)30-16-12-28(13-17-30)40-33-23(3)18-31(19-24(33)4)43(38,39)32-20-25(5)34(26(6)21-32)41-35(7,8)9/h10-22H,1-9H3. The smallest absolute Gasteiger partial charge is 0.206 e. The van der Waals surface area contributed by atoms with Crippen molar-refractivity contribution in [1.82, 2.24) is 0 Å². The van der Waals surface area contributed by atoms with Gasteiger partial charge in [0.1, 0.15) is 22.8 Å². The van der Waals surface area contributed by atoms with Crippen LogP contribution in [0.5, 0.6) is 17.2 Å². The Balaban J connectivity index is 1.59. The van der Waals surface area contributed by atoms with Crippen LogP contribution < -0.4 is 9.47 Å². The lowest BCUT2D eigenvalue weighted by molar-refractivity contribution is 0.128. The zero-order chi connectivity index (χ0) is 31.9. The average molecular weight is 621 g/mol. The summed E-state index contributed by atoms with van der Waals surface area (Å²) in [5, 5.41) is 0. The van der Waals surface area contributed by atoms with Crippen LogP contribution in [0.15, 0.2) is 92.4 Å². The maximum Gasteiger partial charge on any atom is 0.206 e. The monoisotopic (exact) mass is 620 g/mol. The summed E-state index contributed by atoms with van der Waals surface area (Å²) in [5.74, 6) is 1.95. The quantitative estimate of drug-likeness (QED) is 0.196. The Labute approximate surface area is 256 Å². The molecule has 0 aromatic heterocycles. The van der Waals surface area contributed by atoms with Gasteiger partial charge in [0.05, 0.1) is 19.6 Å². The van der Waals surface area contributed by atoms with Gasteiger partial charge < -0.3 is 9.47 Å². The number of hydrogen-bond donors (Lipinski definition) is 0. The van der Waals surface area contributed by atoms with Gasteiger partial charge in [-0.3, -0.25) is 0 Å². The molecule has 0 saturated carbocycles. The predicted octanol–water partition coefficient (Wildman–Crippen LogP) is 8.68. The van der Waals surface area contributed by atoms with Crippen LogP contribution in [0.3, 0.4) is 0 Å².